The first-order valence-corrected chi connectivity index (χ1v) is 7.07. The molecule has 0 amide bonds. The zero-order valence-electron chi connectivity index (χ0n) is 11.6. The van der Waals surface area contributed by atoms with Crippen LogP contribution in [0.15, 0.2) is 0 Å². The van der Waals surface area contributed by atoms with Gasteiger partial charge in [0, 0.05) is 18.2 Å². The quantitative estimate of drug-likeness (QED) is 0.679. The fourth-order valence-electron chi connectivity index (χ4n) is 2.78. The van der Waals surface area contributed by atoms with Gasteiger partial charge < -0.3 is 5.32 Å². The number of hydrogen-bond acceptors (Lipinski definition) is 2. The van der Waals surface area contributed by atoms with Gasteiger partial charge in [0.05, 0.1) is 0 Å². The molecule has 0 bridgehead atoms. The third kappa shape index (κ3) is 4.06. The monoisotopic (exact) mass is 226 g/mol. The minimum Gasteiger partial charge on any atom is -0.302 e. The molecule has 16 heavy (non-hydrogen) atoms. The van der Waals surface area contributed by atoms with Crippen molar-refractivity contribution in [2.75, 3.05) is 6.67 Å². The Kier molecular flexibility index (Phi) is 5.77. The molecule has 0 aromatic carbocycles. The van der Waals surface area contributed by atoms with Crippen molar-refractivity contribution in [1.29, 1.82) is 0 Å². The van der Waals surface area contributed by atoms with Crippen molar-refractivity contribution >= 4 is 0 Å². The molecule has 2 nitrogen and oxygen atoms in total. The van der Waals surface area contributed by atoms with E-state index in [-0.39, 0.29) is 0 Å². The Bertz CT molecular complexity index is 193. The third-order valence-electron chi connectivity index (χ3n) is 4.25. The van der Waals surface area contributed by atoms with E-state index < -0.39 is 0 Å². The van der Waals surface area contributed by atoms with Crippen LogP contribution < -0.4 is 10.6 Å². The van der Waals surface area contributed by atoms with Gasteiger partial charge in [-0.1, -0.05) is 39.5 Å². The Morgan fingerprint density at radius 1 is 1.31 bits per heavy atom. The lowest BCUT2D eigenvalue weighted by molar-refractivity contribution is 0.154. The van der Waals surface area contributed by atoms with Gasteiger partial charge in [-0.15, -0.1) is 0 Å². The summed E-state index contributed by atoms with van der Waals surface area (Å²) in [5.74, 6) is 0.786. The van der Waals surface area contributed by atoms with Gasteiger partial charge in [0.1, 0.15) is 0 Å². The molecule has 1 saturated heterocycles. The van der Waals surface area contributed by atoms with E-state index >= 15 is 0 Å². The molecule has 1 aliphatic rings. The Balaban J connectivity index is 2.30. The predicted molar refractivity (Wildman–Crippen MR) is 71.5 cm³/mol. The van der Waals surface area contributed by atoms with Gasteiger partial charge in [-0.2, -0.15) is 0 Å². The second-order valence-electron chi connectivity index (χ2n) is 5.83. The van der Waals surface area contributed by atoms with Crippen LogP contribution in [0.2, 0.25) is 0 Å². The number of nitrogens with one attached hydrogen (secondary N) is 2. The van der Waals surface area contributed by atoms with Crippen LogP contribution in [-0.4, -0.2) is 18.2 Å². The minimum absolute atomic E-state index is 0.344. The summed E-state index contributed by atoms with van der Waals surface area (Å²) in [5, 5.41) is 7.11. The van der Waals surface area contributed by atoms with Crippen LogP contribution in [-0.2, 0) is 0 Å². The molecule has 1 heterocycles. The highest BCUT2D eigenvalue weighted by Gasteiger charge is 2.34. The van der Waals surface area contributed by atoms with Crippen molar-refractivity contribution in [3.05, 3.63) is 0 Å². The van der Waals surface area contributed by atoms with E-state index in [9.17, 15) is 0 Å². The van der Waals surface area contributed by atoms with Crippen molar-refractivity contribution in [3.63, 3.8) is 0 Å². The van der Waals surface area contributed by atoms with Gasteiger partial charge in [-0.25, -0.2) is 0 Å². The zero-order valence-corrected chi connectivity index (χ0v) is 11.6. The van der Waals surface area contributed by atoms with E-state index in [0.29, 0.717) is 11.6 Å². The molecular formula is C14H30N2. The molecule has 2 heteroatoms. The zero-order chi connectivity index (χ0) is 12.0. The predicted octanol–water partition coefficient (Wildman–Crippen LogP) is 3.28. The third-order valence-corrected chi connectivity index (χ3v) is 4.25. The standard InChI is InChI=1S/C14H30N2/c1-5-6-7-8-9-12(2)14(4)10-13(3)15-11-16-14/h12-13,15-16H,5-11H2,1-4H3. The van der Waals surface area contributed by atoms with Crippen molar-refractivity contribution in [3.8, 4) is 0 Å². The summed E-state index contributed by atoms with van der Waals surface area (Å²) in [7, 11) is 0. The second-order valence-corrected chi connectivity index (χ2v) is 5.83. The van der Waals surface area contributed by atoms with Crippen molar-refractivity contribution in [1.82, 2.24) is 10.6 Å². The van der Waals surface area contributed by atoms with E-state index in [0.717, 1.165) is 12.6 Å². The lowest BCUT2D eigenvalue weighted by Crippen LogP contribution is -2.59. The SMILES string of the molecule is CCCCCCC(C)C1(C)CC(C)NCN1. The molecule has 2 N–H and O–H groups in total. The molecule has 3 unspecified atom stereocenters. The molecule has 0 radical (unpaired) electrons. The largest absolute Gasteiger partial charge is 0.302 e. The summed E-state index contributed by atoms with van der Waals surface area (Å²) in [6.45, 7) is 10.4. The number of hydrogen-bond donors (Lipinski definition) is 2. The highest BCUT2D eigenvalue weighted by Crippen LogP contribution is 2.28. The lowest BCUT2D eigenvalue weighted by Gasteiger charge is -2.43. The maximum Gasteiger partial charge on any atom is 0.0460 e. The molecule has 3 atom stereocenters. The van der Waals surface area contributed by atoms with E-state index in [4.69, 9.17) is 0 Å². The number of unbranched alkanes of at least 4 members (excludes halogenated alkanes) is 3. The highest BCUT2D eigenvalue weighted by molar-refractivity contribution is 4.94. The van der Waals surface area contributed by atoms with Crippen LogP contribution in [0.5, 0.6) is 0 Å². The molecule has 0 saturated carbocycles. The maximum absolute atomic E-state index is 3.66. The maximum atomic E-state index is 3.66. The van der Waals surface area contributed by atoms with Gasteiger partial charge >= 0.3 is 0 Å². The highest BCUT2D eigenvalue weighted by atomic mass is 15.2. The Morgan fingerprint density at radius 3 is 2.69 bits per heavy atom. The Morgan fingerprint density at radius 2 is 2.06 bits per heavy atom. The average Bonchev–Trinajstić information content (AvgIpc) is 2.23. The second kappa shape index (κ2) is 6.61. The summed E-state index contributed by atoms with van der Waals surface area (Å²) >= 11 is 0. The van der Waals surface area contributed by atoms with Crippen molar-refractivity contribution < 1.29 is 0 Å². The fourth-order valence-corrected chi connectivity index (χ4v) is 2.78. The van der Waals surface area contributed by atoms with Gasteiger partial charge in [0.25, 0.3) is 0 Å². The van der Waals surface area contributed by atoms with Gasteiger partial charge in [-0.05, 0) is 32.6 Å². The summed E-state index contributed by atoms with van der Waals surface area (Å²) < 4.78 is 0. The molecule has 96 valence electrons. The van der Waals surface area contributed by atoms with Crippen LogP contribution in [0.25, 0.3) is 0 Å². The van der Waals surface area contributed by atoms with E-state index in [1.54, 1.807) is 0 Å². The van der Waals surface area contributed by atoms with Crippen LogP contribution >= 0.6 is 0 Å². The topological polar surface area (TPSA) is 24.1 Å². The first-order chi connectivity index (χ1) is 7.58. The molecule has 0 spiro atoms. The summed E-state index contributed by atoms with van der Waals surface area (Å²) in [4.78, 5) is 0. The van der Waals surface area contributed by atoms with Crippen molar-refractivity contribution in [2.45, 2.75) is 77.8 Å². The van der Waals surface area contributed by atoms with Crippen LogP contribution in [0, 0.1) is 5.92 Å². The molecule has 0 aromatic rings. The van der Waals surface area contributed by atoms with Crippen LogP contribution in [0.4, 0.5) is 0 Å². The number of rotatable bonds is 6. The molecular weight excluding hydrogens is 196 g/mol. The van der Waals surface area contributed by atoms with E-state index in [1.807, 2.05) is 0 Å². The molecule has 1 rings (SSSR count). The summed E-state index contributed by atoms with van der Waals surface area (Å²) in [5.41, 5.74) is 0.344. The van der Waals surface area contributed by atoms with Crippen molar-refractivity contribution in [2.24, 2.45) is 5.92 Å². The summed E-state index contributed by atoms with van der Waals surface area (Å²) in [6, 6.07) is 0.657. The Labute approximate surface area is 102 Å². The first-order valence-electron chi connectivity index (χ1n) is 7.07. The Hall–Kier alpha value is -0.0800. The minimum atomic E-state index is 0.344. The molecule has 1 aliphatic heterocycles. The van der Waals surface area contributed by atoms with Crippen LogP contribution in [0.1, 0.15) is 66.2 Å². The molecule has 1 fully saturated rings. The molecule has 0 aliphatic carbocycles. The summed E-state index contributed by atoms with van der Waals surface area (Å²) in [6.07, 6.45) is 8.16. The smallest absolute Gasteiger partial charge is 0.0460 e. The van der Waals surface area contributed by atoms with E-state index in [1.165, 1.54) is 38.5 Å². The fraction of sp³-hybridized carbons (Fsp3) is 1.00. The first kappa shape index (κ1) is 14.0. The van der Waals surface area contributed by atoms with Crippen LogP contribution in [0.3, 0.4) is 0 Å². The van der Waals surface area contributed by atoms with E-state index in [2.05, 4.69) is 38.3 Å². The van der Waals surface area contributed by atoms with Gasteiger partial charge in [0.15, 0.2) is 0 Å². The molecule has 0 aromatic heterocycles. The lowest BCUT2D eigenvalue weighted by atomic mass is 9.78. The van der Waals surface area contributed by atoms with Gasteiger partial charge in [-0.3, -0.25) is 5.32 Å². The normalized spacial score (nSPS) is 32.6. The average molecular weight is 226 g/mol. The van der Waals surface area contributed by atoms with Gasteiger partial charge in [0.2, 0.25) is 0 Å².